The molecule has 1 saturated heterocycles. The van der Waals surface area contributed by atoms with Crippen LogP contribution in [0, 0.1) is 0 Å². The lowest BCUT2D eigenvalue weighted by molar-refractivity contribution is -0.0412. The highest BCUT2D eigenvalue weighted by molar-refractivity contribution is 8.72. The fourth-order valence-electron chi connectivity index (χ4n) is 0.983. The summed E-state index contributed by atoms with van der Waals surface area (Å²) in [6, 6.07) is 0. The molecule has 0 aliphatic carbocycles. The molecule has 0 radical (unpaired) electrons. The number of halogens is 3. The maximum Gasteiger partial charge on any atom is 0.507 e. The van der Waals surface area contributed by atoms with Gasteiger partial charge in [-0.1, -0.05) is 0 Å². The van der Waals surface area contributed by atoms with Crippen molar-refractivity contribution < 1.29 is 26.3 Å². The number of hydrogen-bond donors (Lipinski definition) is 0. The van der Waals surface area contributed by atoms with Gasteiger partial charge in [0.05, 0.1) is 0 Å². The molecule has 8 heteroatoms. The lowest BCUT2D eigenvalue weighted by Crippen LogP contribution is -2.25. The van der Waals surface area contributed by atoms with E-state index in [4.69, 9.17) is 4.74 Å². The first-order valence-electron chi connectivity index (χ1n) is 3.94. The first-order chi connectivity index (χ1) is 6.33. The highest BCUT2D eigenvalue weighted by atomic mass is 33.1. The van der Waals surface area contributed by atoms with E-state index in [-0.39, 0.29) is 10.8 Å². The second-order valence-corrected chi connectivity index (χ2v) is 6.78. The van der Waals surface area contributed by atoms with Gasteiger partial charge in [0.25, 0.3) is 0 Å². The Labute approximate surface area is 83.3 Å². The Balaban J connectivity index is 2.58. The molecule has 1 rings (SSSR count). The summed E-state index contributed by atoms with van der Waals surface area (Å²) in [6.45, 7) is 0.324. The van der Waals surface area contributed by atoms with E-state index in [1.54, 1.807) is 0 Å². The van der Waals surface area contributed by atoms with E-state index in [1.807, 2.05) is 0 Å². The quantitative estimate of drug-likeness (QED) is 0.704. The number of hydrogen-bond acceptors (Lipinski definition) is 4. The Bertz CT molecular complexity index is 279. The molecule has 1 heterocycles. The van der Waals surface area contributed by atoms with Crippen LogP contribution in [0.25, 0.3) is 0 Å². The molecule has 0 spiro atoms. The van der Waals surface area contributed by atoms with E-state index in [2.05, 4.69) is 0 Å². The Hall–Kier alpha value is 0.0500. The first kappa shape index (κ1) is 12.1. The van der Waals surface area contributed by atoms with Crippen molar-refractivity contribution in [2.75, 3.05) is 6.61 Å². The molecule has 0 saturated carbocycles. The molecule has 14 heavy (non-hydrogen) atoms. The molecule has 0 aromatic carbocycles. The third-order valence-corrected chi connectivity index (χ3v) is 5.03. The van der Waals surface area contributed by atoms with Crippen LogP contribution >= 0.6 is 10.8 Å². The van der Waals surface area contributed by atoms with Crippen LogP contribution in [0.15, 0.2) is 0 Å². The van der Waals surface area contributed by atoms with Gasteiger partial charge in [-0.05, 0) is 19.3 Å². The lowest BCUT2D eigenvalue weighted by atomic mass is 10.2. The third-order valence-electron chi connectivity index (χ3n) is 1.66. The fourth-order valence-corrected chi connectivity index (χ4v) is 3.42. The second-order valence-electron chi connectivity index (χ2n) is 2.79. The van der Waals surface area contributed by atoms with Crippen LogP contribution < -0.4 is 0 Å². The van der Waals surface area contributed by atoms with Gasteiger partial charge in [-0.2, -0.15) is 13.2 Å². The monoisotopic (exact) mass is 250 g/mol. The standard InChI is InChI=1S/C6H9F3O3S2/c7-6(8,9)14(10,11)13-5-3-1-2-4-12-5/h5H,1-4H2. The van der Waals surface area contributed by atoms with Gasteiger partial charge in [0, 0.05) is 17.4 Å². The van der Waals surface area contributed by atoms with Crippen LogP contribution in [0.2, 0.25) is 0 Å². The van der Waals surface area contributed by atoms with Gasteiger partial charge in [0.1, 0.15) is 5.44 Å². The molecule has 0 aromatic heterocycles. The van der Waals surface area contributed by atoms with Crippen molar-refractivity contribution in [2.24, 2.45) is 0 Å². The van der Waals surface area contributed by atoms with E-state index >= 15 is 0 Å². The normalized spacial score (nSPS) is 24.9. The minimum absolute atomic E-state index is 0.145. The molecule has 1 aliphatic heterocycles. The zero-order valence-electron chi connectivity index (χ0n) is 7.08. The number of ether oxygens (including phenoxy) is 1. The average Bonchev–Trinajstić information content (AvgIpc) is 2.03. The first-order valence-corrected chi connectivity index (χ1v) is 6.82. The van der Waals surface area contributed by atoms with Crippen molar-refractivity contribution in [3.8, 4) is 0 Å². The Morgan fingerprint density at radius 1 is 1.29 bits per heavy atom. The zero-order chi connectivity index (χ0) is 10.8. The summed E-state index contributed by atoms with van der Waals surface area (Å²) in [5.41, 5.74) is -6.08. The maximum atomic E-state index is 11.9. The molecule has 3 nitrogen and oxygen atoms in total. The molecular formula is C6H9F3O3S2. The summed E-state index contributed by atoms with van der Waals surface area (Å²) in [4.78, 5) is 0. The molecule has 1 unspecified atom stereocenters. The van der Waals surface area contributed by atoms with Crippen molar-refractivity contribution >= 4 is 19.7 Å². The van der Waals surface area contributed by atoms with Gasteiger partial charge in [-0.3, -0.25) is 0 Å². The largest absolute Gasteiger partial charge is 0.507 e. The van der Waals surface area contributed by atoms with E-state index in [1.165, 1.54) is 0 Å². The minimum Gasteiger partial charge on any atom is -0.367 e. The highest BCUT2D eigenvalue weighted by Crippen LogP contribution is 2.37. The lowest BCUT2D eigenvalue weighted by Gasteiger charge is -2.21. The molecule has 0 aromatic rings. The molecular weight excluding hydrogens is 241 g/mol. The van der Waals surface area contributed by atoms with Crippen molar-refractivity contribution in [1.29, 1.82) is 0 Å². The van der Waals surface area contributed by atoms with Crippen LogP contribution in [-0.4, -0.2) is 26.0 Å². The van der Waals surface area contributed by atoms with Gasteiger partial charge in [0.15, 0.2) is 0 Å². The SMILES string of the molecule is O=S(=O)(SC1CCCCO1)C(F)(F)F. The second kappa shape index (κ2) is 4.28. The number of alkyl halides is 3. The van der Waals surface area contributed by atoms with Crippen LogP contribution in [0.1, 0.15) is 19.3 Å². The summed E-state index contributed by atoms with van der Waals surface area (Å²) < 4.78 is 62.0. The zero-order valence-corrected chi connectivity index (χ0v) is 8.71. The Morgan fingerprint density at radius 2 is 1.93 bits per heavy atom. The fraction of sp³-hybridized carbons (Fsp3) is 1.00. The third kappa shape index (κ3) is 3.03. The Kier molecular flexibility index (Phi) is 3.70. The predicted octanol–water partition coefficient (Wildman–Crippen LogP) is 2.10. The average molecular weight is 250 g/mol. The van der Waals surface area contributed by atoms with Gasteiger partial charge < -0.3 is 4.74 Å². The van der Waals surface area contributed by atoms with E-state index in [9.17, 15) is 21.6 Å². The van der Waals surface area contributed by atoms with Crippen molar-refractivity contribution in [1.82, 2.24) is 0 Å². The maximum absolute atomic E-state index is 11.9. The Morgan fingerprint density at radius 3 is 2.36 bits per heavy atom. The predicted molar refractivity (Wildman–Crippen MR) is 46.2 cm³/mol. The van der Waals surface area contributed by atoms with Crippen molar-refractivity contribution in [3.63, 3.8) is 0 Å². The minimum atomic E-state index is -5.20. The summed E-state index contributed by atoms with van der Waals surface area (Å²) >= 11 is 0. The molecule has 84 valence electrons. The van der Waals surface area contributed by atoms with Crippen LogP contribution in [-0.2, 0) is 13.6 Å². The molecule has 0 bridgehead atoms. The highest BCUT2D eigenvalue weighted by Gasteiger charge is 2.48. The molecule has 1 atom stereocenters. The van der Waals surface area contributed by atoms with Crippen LogP contribution in [0.5, 0.6) is 0 Å². The van der Waals surface area contributed by atoms with Crippen molar-refractivity contribution in [2.45, 2.75) is 30.2 Å². The molecule has 1 aliphatic rings. The molecule has 0 N–H and O–H groups in total. The topological polar surface area (TPSA) is 43.4 Å². The summed E-state index contributed by atoms with van der Waals surface area (Å²) in [7, 11) is -5.25. The van der Waals surface area contributed by atoms with E-state index in [0.29, 0.717) is 19.4 Å². The van der Waals surface area contributed by atoms with Gasteiger partial charge in [-0.15, -0.1) is 0 Å². The van der Waals surface area contributed by atoms with E-state index in [0.717, 1.165) is 6.42 Å². The summed E-state index contributed by atoms with van der Waals surface area (Å²) in [5, 5.41) is 0. The summed E-state index contributed by atoms with van der Waals surface area (Å²) in [5.74, 6) is 0. The van der Waals surface area contributed by atoms with Gasteiger partial charge in [0.2, 0.25) is 0 Å². The van der Waals surface area contributed by atoms with Gasteiger partial charge in [-0.25, -0.2) is 8.42 Å². The van der Waals surface area contributed by atoms with E-state index < -0.39 is 19.8 Å². The summed E-state index contributed by atoms with van der Waals surface area (Å²) in [6.07, 6.45) is 1.81. The smallest absolute Gasteiger partial charge is 0.367 e. The van der Waals surface area contributed by atoms with Gasteiger partial charge >= 0.3 is 14.4 Å². The van der Waals surface area contributed by atoms with Crippen LogP contribution in [0.4, 0.5) is 13.2 Å². The van der Waals surface area contributed by atoms with Crippen molar-refractivity contribution in [3.05, 3.63) is 0 Å². The molecule has 1 fully saturated rings. The van der Waals surface area contributed by atoms with Crippen LogP contribution in [0.3, 0.4) is 0 Å². The number of rotatable bonds is 2. The molecule has 0 amide bonds.